The zero-order valence-electron chi connectivity index (χ0n) is 42.9. The van der Waals surface area contributed by atoms with Crippen LogP contribution in [0.1, 0.15) is 62.8 Å². The predicted octanol–water partition coefficient (Wildman–Crippen LogP) is 18.2. The van der Waals surface area contributed by atoms with E-state index < -0.39 is 0 Å². The van der Waals surface area contributed by atoms with Crippen molar-refractivity contribution in [1.29, 1.82) is 0 Å². The molecule has 2 heterocycles. The average molecular weight is 980 g/mol. The summed E-state index contributed by atoms with van der Waals surface area (Å²) in [6, 6.07) is 75.5. The van der Waals surface area contributed by atoms with Crippen LogP contribution in [0.3, 0.4) is 0 Å². The summed E-state index contributed by atoms with van der Waals surface area (Å²) in [5, 5.41) is 8.72. The molecule has 11 aromatic rings. The van der Waals surface area contributed by atoms with Gasteiger partial charge >= 0.3 is 0 Å². The molecule has 0 unspecified atom stereocenters. The molecular formula is C70H53N5O. The quantitative estimate of drug-likeness (QED) is 0.144. The molecule has 0 spiro atoms. The van der Waals surface area contributed by atoms with E-state index in [1.165, 1.54) is 55.7 Å². The fraction of sp³-hybridized carbons (Fsp3) is 0.114. The van der Waals surface area contributed by atoms with Crippen LogP contribution in [-0.4, -0.2) is 20.2 Å². The Morgan fingerprint density at radius 1 is 0.395 bits per heavy atom. The normalized spacial score (nSPS) is 14.6. The van der Waals surface area contributed by atoms with Gasteiger partial charge in [0.1, 0.15) is 0 Å². The van der Waals surface area contributed by atoms with Gasteiger partial charge in [0.05, 0.1) is 22.4 Å². The minimum Gasteiger partial charge on any atom is -0.416 e. The van der Waals surface area contributed by atoms with Crippen LogP contribution in [0.4, 0.5) is 17.1 Å². The van der Waals surface area contributed by atoms with Gasteiger partial charge in [-0.25, -0.2) is 9.97 Å². The zero-order valence-corrected chi connectivity index (χ0v) is 42.9. The minimum atomic E-state index is -0.152. The summed E-state index contributed by atoms with van der Waals surface area (Å²) >= 11 is 0. The number of benzene rings is 9. The Balaban J connectivity index is 0.895. The Morgan fingerprint density at radius 2 is 0.855 bits per heavy atom. The summed E-state index contributed by atoms with van der Waals surface area (Å²) in [4.78, 5) is 13.5. The number of hydrogen-bond donors (Lipinski definition) is 0. The fourth-order valence-electron chi connectivity index (χ4n) is 12.2. The molecule has 76 heavy (non-hydrogen) atoms. The van der Waals surface area contributed by atoms with Crippen molar-refractivity contribution in [3.63, 3.8) is 0 Å². The molecule has 6 nitrogen and oxygen atoms in total. The van der Waals surface area contributed by atoms with Crippen LogP contribution in [0.5, 0.6) is 0 Å². The van der Waals surface area contributed by atoms with E-state index in [4.69, 9.17) is 14.4 Å². The second-order valence-electron chi connectivity index (χ2n) is 21.4. The van der Waals surface area contributed by atoms with Gasteiger partial charge in [-0.3, -0.25) is 0 Å². The molecule has 0 atom stereocenters. The second kappa shape index (κ2) is 17.7. The van der Waals surface area contributed by atoms with E-state index >= 15 is 0 Å². The van der Waals surface area contributed by atoms with Crippen molar-refractivity contribution in [2.45, 2.75) is 51.4 Å². The summed E-state index contributed by atoms with van der Waals surface area (Å²) in [5.74, 6) is 0.961. The molecular weight excluding hydrogens is 927 g/mol. The standard InChI is InChI=1S/C70H53N5O/c1-69(2)59-26-16-14-24-53(59)55-38-32-48(40-61(55)69)57-42-63-64(43-58(57)49-33-39-56-54-25-15-17-27-60(54)70(3,4)62(56)41-49)72-66(65(71-63)44-18-8-5-9-19-44)45-28-34-51(35-29-45)75(50-22-12-7-13-23-50)52-36-30-47(31-37-52)68-74-73-67(76-68)46-20-10-6-11-21-46/h5-13,15-23,25-43H,14,24H2,1-4H3. The highest BCUT2D eigenvalue weighted by Crippen LogP contribution is 2.53. The minimum absolute atomic E-state index is 0.102. The van der Waals surface area contributed by atoms with E-state index in [0.717, 1.165) is 85.7 Å². The van der Waals surface area contributed by atoms with Crippen LogP contribution >= 0.6 is 0 Å². The molecule has 3 aliphatic carbocycles. The third-order valence-corrected chi connectivity index (χ3v) is 16.1. The van der Waals surface area contributed by atoms with Crippen LogP contribution in [0, 0.1) is 0 Å². The van der Waals surface area contributed by atoms with E-state index in [2.05, 4.69) is 219 Å². The van der Waals surface area contributed by atoms with E-state index in [0.29, 0.717) is 11.8 Å². The summed E-state index contributed by atoms with van der Waals surface area (Å²) in [6.45, 7) is 9.49. The molecule has 0 fully saturated rings. The first-order valence-electron chi connectivity index (χ1n) is 26.3. The van der Waals surface area contributed by atoms with Gasteiger partial charge in [0.25, 0.3) is 0 Å². The van der Waals surface area contributed by atoms with Gasteiger partial charge in [0.2, 0.25) is 11.8 Å². The van der Waals surface area contributed by atoms with Crippen molar-refractivity contribution < 1.29 is 4.42 Å². The lowest BCUT2D eigenvalue weighted by atomic mass is 9.79. The first-order valence-corrected chi connectivity index (χ1v) is 26.3. The Hall–Kier alpha value is -9.26. The lowest BCUT2D eigenvalue weighted by Crippen LogP contribution is -2.16. The maximum atomic E-state index is 6.12. The topological polar surface area (TPSA) is 67.9 Å². The van der Waals surface area contributed by atoms with Crippen molar-refractivity contribution >= 4 is 33.7 Å². The smallest absolute Gasteiger partial charge is 0.248 e. The summed E-state index contributed by atoms with van der Waals surface area (Å²) < 4.78 is 6.12. The highest BCUT2D eigenvalue weighted by molar-refractivity contribution is 5.98. The molecule has 0 N–H and O–H groups in total. The van der Waals surface area contributed by atoms with Crippen LogP contribution in [0.2, 0.25) is 0 Å². The van der Waals surface area contributed by atoms with E-state index in [1.807, 2.05) is 48.5 Å². The van der Waals surface area contributed by atoms with Gasteiger partial charge < -0.3 is 9.32 Å². The highest BCUT2D eigenvalue weighted by atomic mass is 16.4. The lowest BCUT2D eigenvalue weighted by molar-refractivity contribution is 0.584. The molecule has 6 heteroatoms. The number of nitrogens with zero attached hydrogens (tertiary/aromatic N) is 5. The maximum absolute atomic E-state index is 6.12. The largest absolute Gasteiger partial charge is 0.416 e. The summed E-state index contributed by atoms with van der Waals surface area (Å²) in [5.41, 5.74) is 25.5. The number of allylic oxidation sites excluding steroid dienone is 4. The van der Waals surface area contributed by atoms with Crippen molar-refractivity contribution in [2.24, 2.45) is 0 Å². The Morgan fingerprint density at radius 3 is 1.47 bits per heavy atom. The number of rotatable bonds is 9. The molecule has 364 valence electrons. The molecule has 0 aliphatic heterocycles. The van der Waals surface area contributed by atoms with Gasteiger partial charge in [-0.05, 0) is 165 Å². The van der Waals surface area contributed by atoms with Crippen molar-refractivity contribution in [3.05, 3.63) is 252 Å². The van der Waals surface area contributed by atoms with E-state index in [9.17, 15) is 0 Å². The first kappa shape index (κ1) is 45.4. The third-order valence-electron chi connectivity index (χ3n) is 16.1. The Bertz CT molecular complexity index is 4130. The zero-order chi connectivity index (χ0) is 51.1. The molecule has 9 aromatic carbocycles. The van der Waals surface area contributed by atoms with E-state index in [1.54, 1.807) is 0 Å². The molecule has 0 amide bonds. The molecule has 2 aromatic heterocycles. The van der Waals surface area contributed by atoms with Crippen LogP contribution in [-0.2, 0) is 10.8 Å². The molecule has 0 saturated carbocycles. The third kappa shape index (κ3) is 7.46. The fourth-order valence-corrected chi connectivity index (χ4v) is 12.2. The van der Waals surface area contributed by atoms with Gasteiger partial charge in [-0.15, -0.1) is 10.2 Å². The molecule has 0 saturated heterocycles. The summed E-state index contributed by atoms with van der Waals surface area (Å²) in [6.07, 6.45) is 6.88. The number of aromatic nitrogens is 4. The highest BCUT2D eigenvalue weighted by Gasteiger charge is 2.38. The average Bonchev–Trinajstić information content (AvgIpc) is 4.24. The SMILES string of the molecule is CC1(C)C2=C(CCC=C2)c2ccc(-c3cc4nc(-c5ccccc5)c(-c5ccc(N(c6ccccc6)c6ccc(-c7nnc(-c8ccccc8)o7)cc6)cc5)nc4cc3-c3ccc4c(c3)C(C)(C)c3ccccc3-4)cc21. The van der Waals surface area contributed by atoms with Gasteiger partial charge in [-0.1, -0.05) is 167 Å². The van der Waals surface area contributed by atoms with Crippen LogP contribution < -0.4 is 4.90 Å². The van der Waals surface area contributed by atoms with Crippen LogP contribution in [0.25, 0.3) is 95.4 Å². The molecule has 0 radical (unpaired) electrons. The van der Waals surface area contributed by atoms with Crippen molar-refractivity contribution in [3.8, 4) is 78.8 Å². The van der Waals surface area contributed by atoms with Crippen molar-refractivity contribution in [2.75, 3.05) is 4.90 Å². The maximum Gasteiger partial charge on any atom is 0.248 e. The lowest BCUT2D eigenvalue weighted by Gasteiger charge is -2.26. The number of anilines is 3. The van der Waals surface area contributed by atoms with E-state index in [-0.39, 0.29) is 10.8 Å². The predicted molar refractivity (Wildman–Crippen MR) is 311 cm³/mol. The molecule has 14 rings (SSSR count). The molecule has 0 bridgehead atoms. The first-order chi connectivity index (χ1) is 37.2. The monoisotopic (exact) mass is 979 g/mol. The van der Waals surface area contributed by atoms with Gasteiger partial charge in [0.15, 0.2) is 0 Å². The Kier molecular flexibility index (Phi) is 10.6. The Labute approximate surface area is 443 Å². The van der Waals surface area contributed by atoms with Crippen molar-refractivity contribution in [1.82, 2.24) is 20.2 Å². The van der Waals surface area contributed by atoms with Gasteiger partial charge in [0, 0.05) is 50.1 Å². The number of hydrogen-bond acceptors (Lipinski definition) is 6. The van der Waals surface area contributed by atoms with Gasteiger partial charge in [-0.2, -0.15) is 0 Å². The molecule has 3 aliphatic rings. The summed E-state index contributed by atoms with van der Waals surface area (Å²) in [7, 11) is 0. The second-order valence-corrected chi connectivity index (χ2v) is 21.4. The number of fused-ring (bicyclic) bond motifs is 6. The number of para-hydroxylation sites is 1. The van der Waals surface area contributed by atoms with Crippen LogP contribution in [0.15, 0.2) is 234 Å².